The maximum atomic E-state index is 12.8. The Kier molecular flexibility index (Phi) is 6.77. The van der Waals surface area contributed by atoms with E-state index in [-0.39, 0.29) is 17.6 Å². The Morgan fingerprint density at radius 2 is 1.77 bits per heavy atom. The maximum Gasteiger partial charge on any atom is 0.228 e. The van der Waals surface area contributed by atoms with Gasteiger partial charge in [-0.2, -0.15) is 0 Å². The van der Waals surface area contributed by atoms with E-state index in [0.29, 0.717) is 39.0 Å². The second-order valence-electron chi connectivity index (χ2n) is 7.66. The Labute approximate surface area is 186 Å². The molecule has 0 saturated carbocycles. The Morgan fingerprint density at radius 3 is 2.45 bits per heavy atom. The summed E-state index contributed by atoms with van der Waals surface area (Å²) in [4.78, 5) is 31.9. The summed E-state index contributed by atoms with van der Waals surface area (Å²) in [6.07, 6.45) is 1.73. The molecule has 0 atom stereocenters. The standard InChI is InChI=1S/C25H26N2O3S/c1-2-30-22-10-8-20(9-11-22)25-26-21(17-31-25)16-23(28)27-14-12-19(13-15-27)24(29)18-6-4-3-5-7-18/h3-11,17,19H,2,12-16H2,1H3. The molecule has 2 aromatic carbocycles. The second kappa shape index (κ2) is 9.88. The average molecular weight is 435 g/mol. The molecule has 0 bridgehead atoms. The summed E-state index contributed by atoms with van der Waals surface area (Å²) in [6, 6.07) is 17.3. The van der Waals surface area contributed by atoms with Gasteiger partial charge >= 0.3 is 0 Å². The number of Topliss-reactive ketones (excluding diaryl/α,β-unsaturated/α-hetero) is 1. The highest BCUT2D eigenvalue weighted by molar-refractivity contribution is 7.13. The molecule has 160 valence electrons. The number of hydrogen-bond acceptors (Lipinski definition) is 5. The van der Waals surface area contributed by atoms with Gasteiger partial charge in [-0.05, 0) is 44.0 Å². The summed E-state index contributed by atoms with van der Waals surface area (Å²) in [5.74, 6) is 1.10. The Morgan fingerprint density at radius 1 is 1.06 bits per heavy atom. The van der Waals surface area contributed by atoms with Crippen molar-refractivity contribution in [3.63, 3.8) is 0 Å². The van der Waals surface area contributed by atoms with Gasteiger partial charge in [0.1, 0.15) is 10.8 Å². The first-order valence-corrected chi connectivity index (χ1v) is 11.6. The van der Waals surface area contributed by atoms with E-state index in [9.17, 15) is 9.59 Å². The zero-order valence-corrected chi connectivity index (χ0v) is 18.4. The number of nitrogens with zero attached hydrogens (tertiary/aromatic N) is 2. The fourth-order valence-corrected chi connectivity index (χ4v) is 4.70. The van der Waals surface area contributed by atoms with Crippen LogP contribution in [0, 0.1) is 5.92 Å². The highest BCUT2D eigenvalue weighted by atomic mass is 32.1. The molecule has 1 fully saturated rings. The van der Waals surface area contributed by atoms with Gasteiger partial charge in [-0.15, -0.1) is 11.3 Å². The first-order chi connectivity index (χ1) is 15.1. The molecule has 0 unspecified atom stereocenters. The molecular weight excluding hydrogens is 408 g/mol. The van der Waals surface area contributed by atoms with Crippen LogP contribution in [0.5, 0.6) is 5.75 Å². The van der Waals surface area contributed by atoms with Crippen molar-refractivity contribution in [2.75, 3.05) is 19.7 Å². The van der Waals surface area contributed by atoms with Crippen molar-refractivity contribution in [1.82, 2.24) is 9.88 Å². The normalized spacial score (nSPS) is 14.4. The van der Waals surface area contributed by atoms with Gasteiger partial charge in [-0.1, -0.05) is 30.3 Å². The lowest BCUT2D eigenvalue weighted by molar-refractivity contribution is -0.131. The number of aromatic nitrogens is 1. The number of ether oxygens (including phenoxy) is 1. The molecule has 5 nitrogen and oxygen atoms in total. The molecule has 6 heteroatoms. The largest absolute Gasteiger partial charge is 0.494 e. The third-order valence-corrected chi connectivity index (χ3v) is 6.51. The molecule has 4 rings (SSSR count). The van der Waals surface area contributed by atoms with Crippen LogP contribution in [0.2, 0.25) is 0 Å². The highest BCUT2D eigenvalue weighted by Gasteiger charge is 2.28. The molecule has 1 aliphatic heterocycles. The van der Waals surface area contributed by atoms with Crippen molar-refractivity contribution in [1.29, 1.82) is 0 Å². The molecule has 1 aromatic heterocycles. The van der Waals surface area contributed by atoms with Crippen LogP contribution in [0.15, 0.2) is 60.0 Å². The highest BCUT2D eigenvalue weighted by Crippen LogP contribution is 2.27. The number of rotatable bonds is 7. The molecule has 1 saturated heterocycles. The van der Waals surface area contributed by atoms with Gasteiger partial charge in [0.2, 0.25) is 5.91 Å². The third-order valence-electron chi connectivity index (χ3n) is 5.57. The lowest BCUT2D eigenvalue weighted by atomic mass is 9.89. The van der Waals surface area contributed by atoms with Crippen LogP contribution in [0.25, 0.3) is 10.6 Å². The molecule has 0 N–H and O–H groups in total. The van der Waals surface area contributed by atoms with Crippen LogP contribution >= 0.6 is 11.3 Å². The van der Waals surface area contributed by atoms with E-state index < -0.39 is 0 Å². The molecule has 31 heavy (non-hydrogen) atoms. The lowest BCUT2D eigenvalue weighted by Crippen LogP contribution is -2.41. The molecule has 0 radical (unpaired) electrons. The third kappa shape index (κ3) is 5.20. The van der Waals surface area contributed by atoms with Gasteiger partial charge < -0.3 is 9.64 Å². The van der Waals surface area contributed by atoms with E-state index in [1.807, 2.05) is 71.8 Å². The van der Waals surface area contributed by atoms with E-state index in [0.717, 1.165) is 27.6 Å². The van der Waals surface area contributed by atoms with Crippen LogP contribution in [-0.4, -0.2) is 41.3 Å². The zero-order valence-electron chi connectivity index (χ0n) is 17.6. The quantitative estimate of drug-likeness (QED) is 0.498. The predicted molar refractivity (Wildman–Crippen MR) is 122 cm³/mol. The number of likely N-dealkylation sites (tertiary alicyclic amines) is 1. The van der Waals surface area contributed by atoms with Crippen LogP contribution in [0.1, 0.15) is 35.8 Å². The van der Waals surface area contributed by atoms with E-state index >= 15 is 0 Å². The Balaban J connectivity index is 1.31. The summed E-state index contributed by atoms with van der Waals surface area (Å²) >= 11 is 1.55. The monoisotopic (exact) mass is 434 g/mol. The number of benzene rings is 2. The van der Waals surface area contributed by atoms with Crippen molar-refractivity contribution in [3.05, 3.63) is 71.2 Å². The van der Waals surface area contributed by atoms with E-state index in [4.69, 9.17) is 4.74 Å². The van der Waals surface area contributed by atoms with Crippen LogP contribution < -0.4 is 4.74 Å². The molecule has 0 aliphatic carbocycles. The van der Waals surface area contributed by atoms with Crippen molar-refractivity contribution in [2.45, 2.75) is 26.2 Å². The number of thiazole rings is 1. The first kappa shape index (κ1) is 21.2. The number of ketones is 1. The minimum Gasteiger partial charge on any atom is -0.494 e. The Hall–Kier alpha value is -2.99. The number of piperidine rings is 1. The predicted octanol–water partition coefficient (Wildman–Crippen LogP) is 4.87. The topological polar surface area (TPSA) is 59.5 Å². The maximum absolute atomic E-state index is 12.8. The fourth-order valence-electron chi connectivity index (χ4n) is 3.88. The first-order valence-electron chi connectivity index (χ1n) is 10.7. The smallest absolute Gasteiger partial charge is 0.228 e. The van der Waals surface area contributed by atoms with Gasteiger partial charge in [0, 0.05) is 35.5 Å². The lowest BCUT2D eigenvalue weighted by Gasteiger charge is -2.31. The van der Waals surface area contributed by atoms with Crippen molar-refractivity contribution in [2.24, 2.45) is 5.92 Å². The molecule has 1 aliphatic rings. The van der Waals surface area contributed by atoms with E-state index in [2.05, 4.69) is 4.98 Å². The molecule has 3 aromatic rings. The van der Waals surface area contributed by atoms with Crippen molar-refractivity contribution < 1.29 is 14.3 Å². The average Bonchev–Trinajstić information content (AvgIpc) is 3.28. The summed E-state index contributed by atoms with van der Waals surface area (Å²) < 4.78 is 5.48. The molecule has 0 spiro atoms. The van der Waals surface area contributed by atoms with Crippen molar-refractivity contribution >= 4 is 23.0 Å². The van der Waals surface area contributed by atoms with E-state index in [1.54, 1.807) is 11.3 Å². The van der Waals surface area contributed by atoms with Gasteiger partial charge in [0.05, 0.1) is 18.7 Å². The van der Waals surface area contributed by atoms with Crippen LogP contribution in [-0.2, 0) is 11.2 Å². The molecule has 2 heterocycles. The summed E-state index contributed by atoms with van der Waals surface area (Å²) in [7, 11) is 0. The molecule has 1 amide bonds. The van der Waals surface area contributed by atoms with Gasteiger partial charge in [0.25, 0.3) is 0 Å². The fraction of sp³-hybridized carbons (Fsp3) is 0.320. The number of carbonyl (C=O) groups excluding carboxylic acids is 2. The zero-order chi connectivity index (χ0) is 21.6. The van der Waals surface area contributed by atoms with Crippen LogP contribution in [0.3, 0.4) is 0 Å². The number of amides is 1. The summed E-state index contributed by atoms with van der Waals surface area (Å²) in [5.41, 5.74) is 2.57. The van der Waals surface area contributed by atoms with Crippen LogP contribution in [0.4, 0.5) is 0 Å². The minimum absolute atomic E-state index is 0.00279. The van der Waals surface area contributed by atoms with Gasteiger partial charge in [-0.3, -0.25) is 9.59 Å². The van der Waals surface area contributed by atoms with Crippen molar-refractivity contribution in [3.8, 4) is 16.3 Å². The summed E-state index contributed by atoms with van der Waals surface area (Å²) in [6.45, 7) is 3.85. The van der Waals surface area contributed by atoms with Gasteiger partial charge in [-0.25, -0.2) is 4.98 Å². The number of carbonyl (C=O) groups is 2. The Bertz CT molecular complexity index is 1020. The molecular formula is C25H26N2O3S. The summed E-state index contributed by atoms with van der Waals surface area (Å²) in [5, 5.41) is 2.85. The SMILES string of the molecule is CCOc1ccc(-c2nc(CC(=O)N3CCC(C(=O)c4ccccc4)CC3)cs2)cc1. The van der Waals surface area contributed by atoms with Gasteiger partial charge in [0.15, 0.2) is 5.78 Å². The second-order valence-corrected chi connectivity index (χ2v) is 8.52. The van der Waals surface area contributed by atoms with E-state index in [1.165, 1.54) is 0 Å². The minimum atomic E-state index is -0.00279. The number of hydrogen-bond donors (Lipinski definition) is 0.